The number of carbonyl (C=O) groups is 3. The Balaban J connectivity index is 2.32. The van der Waals surface area contributed by atoms with Gasteiger partial charge < -0.3 is 9.84 Å². The molecule has 0 aliphatic heterocycles. The van der Waals surface area contributed by atoms with Gasteiger partial charge in [0.25, 0.3) is 0 Å². The SMILES string of the molecule is CC(=O)OCCCC(=O)Cc1ccc(CCC(=O)O)cc1. The summed E-state index contributed by atoms with van der Waals surface area (Å²) in [6, 6.07) is 7.40. The molecule has 0 heterocycles. The molecule has 0 spiro atoms. The number of esters is 1. The number of aryl methyl sites for hydroxylation is 1. The first-order chi connectivity index (χ1) is 9.97. The fraction of sp³-hybridized carbons (Fsp3) is 0.438. The van der Waals surface area contributed by atoms with Crippen LogP contribution >= 0.6 is 0 Å². The van der Waals surface area contributed by atoms with E-state index in [1.54, 1.807) is 0 Å². The van der Waals surface area contributed by atoms with E-state index in [1.807, 2.05) is 24.3 Å². The average Bonchev–Trinajstić information content (AvgIpc) is 2.42. The number of carboxylic acid groups (broad SMARTS) is 1. The van der Waals surface area contributed by atoms with Gasteiger partial charge in [-0.2, -0.15) is 0 Å². The van der Waals surface area contributed by atoms with Crippen molar-refractivity contribution in [3.8, 4) is 0 Å². The Kier molecular flexibility index (Phi) is 7.15. The van der Waals surface area contributed by atoms with E-state index in [0.717, 1.165) is 11.1 Å². The lowest BCUT2D eigenvalue weighted by atomic mass is 10.0. The van der Waals surface area contributed by atoms with Crippen LogP contribution in [0.15, 0.2) is 24.3 Å². The average molecular weight is 292 g/mol. The number of ether oxygens (including phenoxy) is 1. The molecule has 5 nitrogen and oxygen atoms in total. The van der Waals surface area contributed by atoms with Gasteiger partial charge in [-0.25, -0.2) is 0 Å². The Morgan fingerprint density at radius 1 is 1.05 bits per heavy atom. The number of rotatable bonds is 9. The first-order valence-electron chi connectivity index (χ1n) is 6.92. The van der Waals surface area contributed by atoms with Gasteiger partial charge in [0, 0.05) is 26.2 Å². The summed E-state index contributed by atoms with van der Waals surface area (Å²) < 4.78 is 4.77. The van der Waals surface area contributed by atoms with Crippen molar-refractivity contribution in [2.24, 2.45) is 0 Å². The van der Waals surface area contributed by atoms with E-state index >= 15 is 0 Å². The van der Waals surface area contributed by atoms with Crippen molar-refractivity contribution in [2.75, 3.05) is 6.61 Å². The zero-order valence-corrected chi connectivity index (χ0v) is 12.1. The highest BCUT2D eigenvalue weighted by atomic mass is 16.5. The number of Topliss-reactive ketones (excluding diaryl/α,β-unsaturated/α-hetero) is 1. The number of benzene rings is 1. The molecule has 0 atom stereocenters. The highest BCUT2D eigenvalue weighted by Gasteiger charge is 2.05. The van der Waals surface area contributed by atoms with E-state index < -0.39 is 5.97 Å². The minimum atomic E-state index is -0.818. The zero-order valence-electron chi connectivity index (χ0n) is 12.1. The first kappa shape index (κ1) is 16.9. The predicted octanol–water partition coefficient (Wildman–Crippen LogP) is 2.16. The third kappa shape index (κ3) is 7.87. The molecule has 0 saturated carbocycles. The smallest absolute Gasteiger partial charge is 0.303 e. The highest BCUT2D eigenvalue weighted by Crippen LogP contribution is 2.09. The quantitative estimate of drug-likeness (QED) is 0.557. The van der Waals surface area contributed by atoms with Crippen LogP contribution in [-0.2, 0) is 32.0 Å². The van der Waals surface area contributed by atoms with Crippen LogP contribution in [-0.4, -0.2) is 29.4 Å². The maximum atomic E-state index is 11.7. The van der Waals surface area contributed by atoms with Crippen LogP contribution in [0.5, 0.6) is 0 Å². The highest BCUT2D eigenvalue weighted by molar-refractivity contribution is 5.80. The molecule has 0 bridgehead atoms. The normalized spacial score (nSPS) is 10.1. The predicted molar refractivity (Wildman–Crippen MR) is 77.0 cm³/mol. The van der Waals surface area contributed by atoms with Gasteiger partial charge in [0.2, 0.25) is 0 Å². The van der Waals surface area contributed by atoms with E-state index in [1.165, 1.54) is 6.92 Å². The summed E-state index contributed by atoms with van der Waals surface area (Å²) in [4.78, 5) is 32.8. The van der Waals surface area contributed by atoms with E-state index in [-0.39, 0.29) is 24.8 Å². The third-order valence-electron chi connectivity index (χ3n) is 2.96. The van der Waals surface area contributed by atoms with Crippen molar-refractivity contribution < 1.29 is 24.2 Å². The Morgan fingerprint density at radius 2 is 1.67 bits per heavy atom. The summed E-state index contributed by atoms with van der Waals surface area (Å²) >= 11 is 0. The maximum absolute atomic E-state index is 11.7. The molecule has 1 aromatic rings. The number of hydrogen-bond acceptors (Lipinski definition) is 4. The molecule has 1 N–H and O–H groups in total. The largest absolute Gasteiger partial charge is 0.481 e. The summed E-state index contributed by atoms with van der Waals surface area (Å²) in [6.07, 6.45) is 1.86. The minimum absolute atomic E-state index is 0.0976. The van der Waals surface area contributed by atoms with Crippen molar-refractivity contribution in [3.05, 3.63) is 35.4 Å². The molecule has 0 aliphatic rings. The fourth-order valence-electron chi connectivity index (χ4n) is 1.88. The molecular formula is C16H20O5. The number of carbonyl (C=O) groups excluding carboxylic acids is 2. The van der Waals surface area contributed by atoms with Crippen LogP contribution < -0.4 is 0 Å². The van der Waals surface area contributed by atoms with E-state index in [0.29, 0.717) is 25.7 Å². The number of carboxylic acids is 1. The van der Waals surface area contributed by atoms with Crippen LogP contribution in [0.1, 0.15) is 37.3 Å². The number of hydrogen-bond donors (Lipinski definition) is 1. The standard InChI is InChI=1S/C16H20O5/c1-12(17)21-10-2-3-15(18)11-14-6-4-13(5-7-14)8-9-16(19)20/h4-7H,2-3,8-11H2,1H3,(H,19,20). The van der Waals surface area contributed by atoms with Crippen LogP contribution in [0.4, 0.5) is 0 Å². The lowest BCUT2D eigenvalue weighted by molar-refractivity contribution is -0.141. The molecule has 1 rings (SSSR count). The Hall–Kier alpha value is -2.17. The van der Waals surface area contributed by atoms with Gasteiger partial charge in [-0.15, -0.1) is 0 Å². The van der Waals surface area contributed by atoms with Crippen LogP contribution in [0.2, 0.25) is 0 Å². The van der Waals surface area contributed by atoms with Crippen molar-refractivity contribution in [3.63, 3.8) is 0 Å². The number of aliphatic carboxylic acids is 1. The summed E-state index contributed by atoms with van der Waals surface area (Å²) in [7, 11) is 0. The molecule has 114 valence electrons. The van der Waals surface area contributed by atoms with E-state index in [4.69, 9.17) is 9.84 Å². The molecule has 0 amide bonds. The molecule has 21 heavy (non-hydrogen) atoms. The molecule has 0 radical (unpaired) electrons. The maximum Gasteiger partial charge on any atom is 0.303 e. The zero-order chi connectivity index (χ0) is 15.7. The molecule has 0 fully saturated rings. The van der Waals surface area contributed by atoms with Crippen LogP contribution in [0.3, 0.4) is 0 Å². The first-order valence-corrected chi connectivity index (χ1v) is 6.92. The second-order valence-electron chi connectivity index (χ2n) is 4.87. The summed E-state index contributed by atoms with van der Waals surface area (Å²) in [5, 5.41) is 8.61. The van der Waals surface area contributed by atoms with Gasteiger partial charge in [-0.05, 0) is 24.0 Å². The Labute approximate surface area is 123 Å². The lowest BCUT2D eigenvalue weighted by Gasteiger charge is -2.04. The van der Waals surface area contributed by atoms with Gasteiger partial charge in [0.1, 0.15) is 5.78 Å². The molecule has 0 unspecified atom stereocenters. The molecule has 0 aromatic heterocycles. The van der Waals surface area contributed by atoms with Crippen molar-refractivity contribution in [1.29, 1.82) is 0 Å². The Morgan fingerprint density at radius 3 is 2.24 bits per heavy atom. The van der Waals surface area contributed by atoms with E-state index in [9.17, 15) is 14.4 Å². The van der Waals surface area contributed by atoms with Crippen LogP contribution in [0.25, 0.3) is 0 Å². The Bertz CT molecular complexity index is 490. The molecule has 0 saturated heterocycles. The topological polar surface area (TPSA) is 80.7 Å². The van der Waals surface area contributed by atoms with Gasteiger partial charge >= 0.3 is 11.9 Å². The summed E-state index contributed by atoms with van der Waals surface area (Å²) in [6.45, 7) is 1.61. The number of ketones is 1. The van der Waals surface area contributed by atoms with Crippen LogP contribution in [0, 0.1) is 0 Å². The van der Waals surface area contributed by atoms with Crippen molar-refractivity contribution in [1.82, 2.24) is 0 Å². The minimum Gasteiger partial charge on any atom is -0.481 e. The lowest BCUT2D eigenvalue weighted by Crippen LogP contribution is -2.06. The molecule has 5 heteroatoms. The fourth-order valence-corrected chi connectivity index (χ4v) is 1.88. The monoisotopic (exact) mass is 292 g/mol. The van der Waals surface area contributed by atoms with Gasteiger partial charge in [-0.1, -0.05) is 24.3 Å². The summed E-state index contributed by atoms with van der Waals surface area (Å²) in [5.41, 5.74) is 1.86. The van der Waals surface area contributed by atoms with Gasteiger partial charge in [0.05, 0.1) is 6.61 Å². The molecule has 1 aromatic carbocycles. The second-order valence-corrected chi connectivity index (χ2v) is 4.87. The molecular weight excluding hydrogens is 272 g/mol. The molecule has 0 aliphatic carbocycles. The second kappa shape index (κ2) is 8.89. The third-order valence-corrected chi connectivity index (χ3v) is 2.96. The summed E-state index contributed by atoms with van der Waals surface area (Å²) in [5.74, 6) is -1.05. The van der Waals surface area contributed by atoms with Gasteiger partial charge in [-0.3, -0.25) is 14.4 Å². The van der Waals surface area contributed by atoms with Crippen molar-refractivity contribution >= 4 is 17.7 Å². The van der Waals surface area contributed by atoms with Gasteiger partial charge in [0.15, 0.2) is 0 Å². The van der Waals surface area contributed by atoms with Crippen molar-refractivity contribution in [2.45, 2.75) is 39.0 Å². The van der Waals surface area contributed by atoms with E-state index in [2.05, 4.69) is 0 Å².